The quantitative estimate of drug-likeness (QED) is 0.524. The Bertz CT molecular complexity index is 885. The Morgan fingerprint density at radius 2 is 1.44 bits per heavy atom. The standard InChI is InChI=1S/C22H20N2O3/c1-27-20-15-9-8-10-17(20)16-23-24-21(25)22(26,18-11-4-2-5-12-18)19-13-6-3-7-14-19/h2-16,26H,1H3,(H,24,25). The molecule has 5 nitrogen and oxygen atoms in total. The molecule has 3 rings (SSSR count). The maximum Gasteiger partial charge on any atom is 0.281 e. The number of aliphatic hydroxyl groups is 1. The minimum Gasteiger partial charge on any atom is -0.496 e. The highest BCUT2D eigenvalue weighted by Gasteiger charge is 2.39. The SMILES string of the molecule is COc1ccccc1C=NNC(=O)C(O)(c1ccccc1)c1ccccc1. The molecule has 0 saturated heterocycles. The molecule has 1 amide bonds. The number of rotatable bonds is 6. The number of carbonyl (C=O) groups excluding carboxylic acids is 1. The molecular formula is C22H20N2O3. The minimum absolute atomic E-state index is 0.459. The van der Waals surface area contributed by atoms with E-state index in [0.717, 1.165) is 0 Å². The van der Waals surface area contributed by atoms with Crippen LogP contribution >= 0.6 is 0 Å². The molecule has 0 unspecified atom stereocenters. The Balaban J connectivity index is 1.89. The van der Waals surface area contributed by atoms with E-state index in [1.165, 1.54) is 6.21 Å². The molecule has 3 aromatic rings. The lowest BCUT2D eigenvalue weighted by molar-refractivity contribution is -0.136. The van der Waals surface area contributed by atoms with Crippen molar-refractivity contribution in [1.82, 2.24) is 5.43 Å². The molecule has 0 bridgehead atoms. The number of methoxy groups -OCH3 is 1. The monoisotopic (exact) mass is 360 g/mol. The van der Waals surface area contributed by atoms with Gasteiger partial charge in [0.15, 0.2) is 5.60 Å². The van der Waals surface area contributed by atoms with Gasteiger partial charge in [0.25, 0.3) is 5.91 Å². The van der Waals surface area contributed by atoms with Gasteiger partial charge in [-0.15, -0.1) is 0 Å². The summed E-state index contributed by atoms with van der Waals surface area (Å²) < 4.78 is 5.26. The van der Waals surface area contributed by atoms with E-state index in [4.69, 9.17) is 4.74 Å². The van der Waals surface area contributed by atoms with Gasteiger partial charge in [0.2, 0.25) is 0 Å². The van der Waals surface area contributed by atoms with Gasteiger partial charge in [-0.3, -0.25) is 4.79 Å². The molecule has 3 aromatic carbocycles. The number of nitrogens with one attached hydrogen (secondary N) is 1. The summed E-state index contributed by atoms with van der Waals surface area (Å²) in [5.41, 5.74) is 2.21. The number of hydrazone groups is 1. The largest absolute Gasteiger partial charge is 0.496 e. The van der Waals surface area contributed by atoms with Crippen LogP contribution in [0, 0.1) is 0 Å². The predicted molar refractivity (Wildman–Crippen MR) is 105 cm³/mol. The van der Waals surface area contributed by atoms with Crippen molar-refractivity contribution in [3.63, 3.8) is 0 Å². The van der Waals surface area contributed by atoms with Crippen molar-refractivity contribution in [3.8, 4) is 5.75 Å². The van der Waals surface area contributed by atoms with Gasteiger partial charge < -0.3 is 9.84 Å². The van der Waals surface area contributed by atoms with E-state index in [1.54, 1.807) is 61.7 Å². The fourth-order valence-electron chi connectivity index (χ4n) is 2.80. The first-order valence-electron chi connectivity index (χ1n) is 8.46. The maximum atomic E-state index is 12.9. The van der Waals surface area contributed by atoms with E-state index in [0.29, 0.717) is 22.4 Å². The normalized spacial score (nSPS) is 11.3. The number of carbonyl (C=O) groups is 1. The Kier molecular flexibility index (Phi) is 5.64. The van der Waals surface area contributed by atoms with Gasteiger partial charge in [-0.2, -0.15) is 5.10 Å². The topological polar surface area (TPSA) is 70.9 Å². The first-order chi connectivity index (χ1) is 13.2. The van der Waals surface area contributed by atoms with E-state index in [-0.39, 0.29) is 0 Å². The lowest BCUT2D eigenvalue weighted by atomic mass is 9.85. The van der Waals surface area contributed by atoms with E-state index in [9.17, 15) is 9.90 Å². The van der Waals surface area contributed by atoms with Crippen LogP contribution in [0.25, 0.3) is 0 Å². The highest BCUT2D eigenvalue weighted by molar-refractivity contribution is 5.91. The zero-order chi connectivity index (χ0) is 19.1. The fraction of sp³-hybridized carbons (Fsp3) is 0.0909. The van der Waals surface area contributed by atoms with Crippen LogP contribution < -0.4 is 10.2 Å². The lowest BCUT2D eigenvalue weighted by Crippen LogP contribution is -2.43. The summed E-state index contributed by atoms with van der Waals surface area (Å²) in [7, 11) is 1.56. The Morgan fingerprint density at radius 1 is 0.926 bits per heavy atom. The molecule has 0 heterocycles. The van der Waals surface area contributed by atoms with Gasteiger partial charge in [-0.1, -0.05) is 72.8 Å². The smallest absolute Gasteiger partial charge is 0.281 e. The maximum absolute atomic E-state index is 12.9. The first-order valence-corrected chi connectivity index (χ1v) is 8.46. The van der Waals surface area contributed by atoms with E-state index in [1.807, 2.05) is 30.3 Å². The van der Waals surface area contributed by atoms with Crippen LogP contribution in [-0.2, 0) is 10.4 Å². The highest BCUT2D eigenvalue weighted by atomic mass is 16.5. The molecule has 2 N–H and O–H groups in total. The number of hydrogen-bond acceptors (Lipinski definition) is 4. The van der Waals surface area contributed by atoms with Gasteiger partial charge in [0.05, 0.1) is 13.3 Å². The molecule has 0 atom stereocenters. The van der Waals surface area contributed by atoms with Crippen molar-refractivity contribution in [2.45, 2.75) is 5.60 Å². The molecule has 27 heavy (non-hydrogen) atoms. The Morgan fingerprint density at radius 3 is 2.00 bits per heavy atom. The van der Waals surface area contributed by atoms with E-state index < -0.39 is 11.5 Å². The zero-order valence-electron chi connectivity index (χ0n) is 14.9. The molecule has 0 radical (unpaired) electrons. The van der Waals surface area contributed by atoms with Gasteiger partial charge in [-0.25, -0.2) is 5.43 Å². The molecule has 0 fully saturated rings. The third-order valence-electron chi connectivity index (χ3n) is 4.22. The van der Waals surface area contributed by atoms with Crippen LogP contribution in [0.4, 0.5) is 0 Å². The molecule has 0 saturated carbocycles. The van der Waals surface area contributed by atoms with Crippen LogP contribution in [0.5, 0.6) is 5.75 Å². The van der Waals surface area contributed by atoms with E-state index >= 15 is 0 Å². The second kappa shape index (κ2) is 8.29. The summed E-state index contributed by atoms with van der Waals surface area (Å²) in [6, 6.07) is 24.9. The van der Waals surface area contributed by atoms with Crippen LogP contribution in [0.2, 0.25) is 0 Å². The lowest BCUT2D eigenvalue weighted by Gasteiger charge is -2.27. The number of nitrogens with zero attached hydrogens (tertiary/aromatic N) is 1. The van der Waals surface area contributed by atoms with Gasteiger partial charge in [0, 0.05) is 5.56 Å². The summed E-state index contributed by atoms with van der Waals surface area (Å²) >= 11 is 0. The van der Waals surface area contributed by atoms with Crippen LogP contribution in [-0.4, -0.2) is 24.3 Å². The molecule has 0 aliphatic carbocycles. The summed E-state index contributed by atoms with van der Waals surface area (Å²) in [4.78, 5) is 12.9. The van der Waals surface area contributed by atoms with Gasteiger partial charge in [-0.05, 0) is 23.3 Å². The van der Waals surface area contributed by atoms with Crippen molar-refractivity contribution in [3.05, 3.63) is 102 Å². The second-order valence-electron chi connectivity index (χ2n) is 5.88. The number of para-hydroxylation sites is 1. The van der Waals surface area contributed by atoms with Crippen LogP contribution in [0.15, 0.2) is 90.0 Å². The van der Waals surface area contributed by atoms with Crippen molar-refractivity contribution in [1.29, 1.82) is 0 Å². The minimum atomic E-state index is -1.86. The van der Waals surface area contributed by atoms with Crippen molar-refractivity contribution < 1.29 is 14.6 Å². The average molecular weight is 360 g/mol. The third-order valence-corrected chi connectivity index (χ3v) is 4.22. The molecule has 0 spiro atoms. The molecular weight excluding hydrogens is 340 g/mol. The summed E-state index contributed by atoms with van der Waals surface area (Å²) in [6.07, 6.45) is 1.48. The number of ether oxygens (including phenoxy) is 1. The molecule has 0 aromatic heterocycles. The Hall–Kier alpha value is -3.44. The van der Waals surface area contributed by atoms with Crippen LogP contribution in [0.1, 0.15) is 16.7 Å². The fourth-order valence-corrected chi connectivity index (χ4v) is 2.80. The summed E-state index contributed by atoms with van der Waals surface area (Å²) in [6.45, 7) is 0. The second-order valence-corrected chi connectivity index (χ2v) is 5.88. The van der Waals surface area contributed by atoms with Crippen LogP contribution in [0.3, 0.4) is 0 Å². The van der Waals surface area contributed by atoms with Crippen molar-refractivity contribution >= 4 is 12.1 Å². The molecule has 136 valence electrons. The average Bonchev–Trinajstić information content (AvgIpc) is 2.74. The summed E-state index contributed by atoms with van der Waals surface area (Å²) in [5, 5.41) is 15.3. The van der Waals surface area contributed by atoms with Crippen molar-refractivity contribution in [2.75, 3.05) is 7.11 Å². The molecule has 5 heteroatoms. The zero-order valence-corrected chi connectivity index (χ0v) is 14.9. The number of benzene rings is 3. The van der Waals surface area contributed by atoms with E-state index in [2.05, 4.69) is 10.5 Å². The third kappa shape index (κ3) is 3.88. The van der Waals surface area contributed by atoms with Crippen molar-refractivity contribution in [2.24, 2.45) is 5.10 Å². The number of hydrogen-bond donors (Lipinski definition) is 2. The predicted octanol–water partition coefficient (Wildman–Crippen LogP) is 3.08. The molecule has 0 aliphatic rings. The van der Waals surface area contributed by atoms with Gasteiger partial charge in [0.1, 0.15) is 5.75 Å². The highest BCUT2D eigenvalue weighted by Crippen LogP contribution is 2.29. The molecule has 0 aliphatic heterocycles. The van der Waals surface area contributed by atoms with Gasteiger partial charge >= 0.3 is 0 Å². The number of amides is 1. The Labute approximate surface area is 157 Å². The first kappa shape index (κ1) is 18.4. The summed E-state index contributed by atoms with van der Waals surface area (Å²) in [5.74, 6) is -0.0112.